The van der Waals surface area contributed by atoms with Crippen LogP contribution in [-0.4, -0.2) is 23.2 Å². The second-order valence-electron chi connectivity index (χ2n) is 4.20. The van der Waals surface area contributed by atoms with Crippen LogP contribution < -0.4 is 4.90 Å². The maximum Gasteiger partial charge on any atom is 0.265 e. The highest BCUT2D eigenvalue weighted by molar-refractivity contribution is 6.09. The maximum absolute atomic E-state index is 12.3. The van der Waals surface area contributed by atoms with E-state index in [9.17, 15) is 15.0 Å². The van der Waals surface area contributed by atoms with Crippen LogP contribution in [0.2, 0.25) is 0 Å². The second kappa shape index (κ2) is 5.33. The molecule has 2 N–H and O–H groups in total. The van der Waals surface area contributed by atoms with Gasteiger partial charge in [-0.25, -0.2) is 0 Å². The summed E-state index contributed by atoms with van der Waals surface area (Å²) in [4.78, 5) is 13.6. The van der Waals surface area contributed by atoms with Gasteiger partial charge in [-0.15, -0.1) is 0 Å². The molecule has 2 aromatic rings. The summed E-state index contributed by atoms with van der Waals surface area (Å²) < 4.78 is 0. The molecule has 2 aromatic carbocycles. The maximum atomic E-state index is 12.3. The minimum absolute atomic E-state index is 0.169. The zero-order valence-electron chi connectivity index (χ0n) is 10.7. The van der Waals surface area contributed by atoms with Crippen molar-refractivity contribution in [3.63, 3.8) is 0 Å². The van der Waals surface area contributed by atoms with Crippen LogP contribution in [0.4, 0.5) is 5.69 Å². The number of amides is 1. The molecule has 0 bridgehead atoms. The number of hydrogen-bond donors (Lipinski definition) is 2. The van der Waals surface area contributed by atoms with Crippen LogP contribution in [0.5, 0.6) is 11.5 Å². The fraction of sp³-hybridized carbons (Fsp3) is 0.0667. The first-order valence-electron chi connectivity index (χ1n) is 5.83. The quantitative estimate of drug-likeness (QED) is 0.874. The monoisotopic (exact) mass is 268 g/mol. The molecule has 0 atom stereocenters. The Morgan fingerprint density at radius 2 is 1.75 bits per heavy atom. The number of carbonyl (C=O) groups excluding carboxylic acids is 1. The highest BCUT2D eigenvalue weighted by atomic mass is 16.3. The van der Waals surface area contributed by atoms with E-state index in [4.69, 9.17) is 5.26 Å². The molecule has 0 aliphatic carbocycles. The molecule has 5 heteroatoms. The van der Waals surface area contributed by atoms with Crippen molar-refractivity contribution < 1.29 is 15.0 Å². The van der Waals surface area contributed by atoms with Crippen molar-refractivity contribution in [3.8, 4) is 17.6 Å². The summed E-state index contributed by atoms with van der Waals surface area (Å²) in [7, 11) is 1.50. The molecule has 100 valence electrons. The van der Waals surface area contributed by atoms with Gasteiger partial charge in [0.15, 0.2) is 0 Å². The van der Waals surface area contributed by atoms with Crippen molar-refractivity contribution in [3.05, 3.63) is 53.6 Å². The van der Waals surface area contributed by atoms with E-state index in [1.165, 1.54) is 30.1 Å². The van der Waals surface area contributed by atoms with E-state index in [1.807, 2.05) is 6.07 Å². The van der Waals surface area contributed by atoms with Crippen molar-refractivity contribution in [1.82, 2.24) is 0 Å². The summed E-state index contributed by atoms with van der Waals surface area (Å²) in [6, 6.07) is 12.6. The predicted octanol–water partition coefficient (Wildman–Crippen LogP) is 2.25. The third-order valence-corrected chi connectivity index (χ3v) is 2.90. The predicted molar refractivity (Wildman–Crippen MR) is 73.7 cm³/mol. The van der Waals surface area contributed by atoms with Gasteiger partial charge in [0.2, 0.25) is 0 Å². The molecule has 20 heavy (non-hydrogen) atoms. The Kier molecular flexibility index (Phi) is 3.58. The van der Waals surface area contributed by atoms with Gasteiger partial charge >= 0.3 is 0 Å². The standard InChI is InChI=1S/C15H12N2O3/c1-17(11-5-2-4-10(8-11)9-16)15(20)14-12(18)6-3-7-13(14)19/h2-8,18-19H,1H3. The highest BCUT2D eigenvalue weighted by Gasteiger charge is 2.21. The normalized spacial score (nSPS) is 9.80. The van der Waals surface area contributed by atoms with Crippen molar-refractivity contribution >= 4 is 11.6 Å². The highest BCUT2D eigenvalue weighted by Crippen LogP contribution is 2.29. The Morgan fingerprint density at radius 3 is 2.35 bits per heavy atom. The number of hydrogen-bond acceptors (Lipinski definition) is 4. The average molecular weight is 268 g/mol. The summed E-state index contributed by atoms with van der Waals surface area (Å²) >= 11 is 0. The Labute approximate surface area is 115 Å². The lowest BCUT2D eigenvalue weighted by Crippen LogP contribution is -2.26. The van der Waals surface area contributed by atoms with E-state index in [1.54, 1.807) is 24.3 Å². The second-order valence-corrected chi connectivity index (χ2v) is 4.20. The van der Waals surface area contributed by atoms with E-state index < -0.39 is 5.91 Å². The van der Waals surface area contributed by atoms with Crippen LogP contribution in [0.25, 0.3) is 0 Å². The smallest absolute Gasteiger partial charge is 0.265 e. The molecule has 0 radical (unpaired) electrons. The number of aromatic hydroxyl groups is 2. The van der Waals surface area contributed by atoms with Crippen LogP contribution in [0.15, 0.2) is 42.5 Å². The number of anilines is 1. The summed E-state index contributed by atoms with van der Waals surface area (Å²) in [5.74, 6) is -1.15. The lowest BCUT2D eigenvalue weighted by atomic mass is 10.1. The van der Waals surface area contributed by atoms with Crippen molar-refractivity contribution in [1.29, 1.82) is 5.26 Å². The van der Waals surface area contributed by atoms with E-state index in [0.717, 1.165) is 0 Å². The first kappa shape index (κ1) is 13.4. The molecule has 0 spiro atoms. The van der Waals surface area contributed by atoms with E-state index >= 15 is 0 Å². The Balaban J connectivity index is 2.40. The molecule has 0 saturated carbocycles. The molecule has 0 unspecified atom stereocenters. The fourth-order valence-electron chi connectivity index (χ4n) is 1.82. The minimum atomic E-state index is -0.560. The number of phenols is 2. The third-order valence-electron chi connectivity index (χ3n) is 2.90. The zero-order chi connectivity index (χ0) is 14.7. The van der Waals surface area contributed by atoms with E-state index in [-0.39, 0.29) is 17.1 Å². The molecular weight excluding hydrogens is 256 g/mol. The summed E-state index contributed by atoms with van der Waals surface area (Å²) in [5, 5.41) is 28.3. The zero-order valence-corrected chi connectivity index (χ0v) is 10.7. The summed E-state index contributed by atoms with van der Waals surface area (Å²) in [6.07, 6.45) is 0. The van der Waals surface area contributed by atoms with Crippen molar-refractivity contribution in [2.24, 2.45) is 0 Å². The molecule has 0 fully saturated rings. The first-order valence-corrected chi connectivity index (χ1v) is 5.83. The van der Waals surface area contributed by atoms with Gasteiger partial charge in [-0.2, -0.15) is 5.26 Å². The fourth-order valence-corrected chi connectivity index (χ4v) is 1.82. The number of phenolic OH excluding ortho intramolecular Hbond substituents is 2. The molecule has 0 aromatic heterocycles. The van der Waals surface area contributed by atoms with Crippen LogP contribution in [0, 0.1) is 11.3 Å². The minimum Gasteiger partial charge on any atom is -0.507 e. The SMILES string of the molecule is CN(C(=O)c1c(O)cccc1O)c1cccc(C#N)c1. The van der Waals surface area contributed by atoms with Gasteiger partial charge in [-0.1, -0.05) is 12.1 Å². The first-order chi connectivity index (χ1) is 9.54. The van der Waals surface area contributed by atoms with Gasteiger partial charge in [0.05, 0.1) is 11.6 Å². The molecule has 0 aliphatic heterocycles. The van der Waals surface area contributed by atoms with Crippen molar-refractivity contribution in [2.45, 2.75) is 0 Å². The van der Waals surface area contributed by atoms with Gasteiger partial charge in [0, 0.05) is 12.7 Å². The van der Waals surface area contributed by atoms with E-state index in [2.05, 4.69) is 0 Å². The van der Waals surface area contributed by atoms with Gasteiger partial charge < -0.3 is 15.1 Å². The molecule has 5 nitrogen and oxygen atoms in total. The van der Waals surface area contributed by atoms with E-state index in [0.29, 0.717) is 11.3 Å². The molecule has 1 amide bonds. The third kappa shape index (κ3) is 2.40. The number of nitriles is 1. The topological polar surface area (TPSA) is 84.6 Å². The number of nitrogens with zero attached hydrogens (tertiary/aromatic N) is 2. The molecule has 0 saturated heterocycles. The van der Waals surface area contributed by atoms with Crippen LogP contribution in [-0.2, 0) is 0 Å². The Bertz CT molecular complexity index is 684. The average Bonchev–Trinajstić information content (AvgIpc) is 2.46. The Morgan fingerprint density at radius 1 is 1.15 bits per heavy atom. The number of carbonyl (C=O) groups is 1. The molecule has 0 aliphatic rings. The molecule has 2 rings (SSSR count). The van der Waals surface area contributed by atoms with Crippen LogP contribution in [0.1, 0.15) is 15.9 Å². The number of rotatable bonds is 2. The van der Waals surface area contributed by atoms with Gasteiger partial charge in [0.25, 0.3) is 5.91 Å². The lowest BCUT2D eigenvalue weighted by molar-refractivity contribution is 0.0987. The lowest BCUT2D eigenvalue weighted by Gasteiger charge is -2.18. The van der Waals surface area contributed by atoms with Gasteiger partial charge in [-0.3, -0.25) is 4.79 Å². The number of benzene rings is 2. The summed E-state index contributed by atoms with van der Waals surface area (Å²) in [5.41, 5.74) is 0.748. The van der Waals surface area contributed by atoms with Gasteiger partial charge in [0.1, 0.15) is 17.1 Å². The van der Waals surface area contributed by atoms with Crippen molar-refractivity contribution in [2.75, 3.05) is 11.9 Å². The summed E-state index contributed by atoms with van der Waals surface area (Å²) in [6.45, 7) is 0. The van der Waals surface area contributed by atoms with Crippen LogP contribution >= 0.6 is 0 Å². The Hall–Kier alpha value is -3.00. The van der Waals surface area contributed by atoms with Crippen LogP contribution in [0.3, 0.4) is 0 Å². The molecule has 0 heterocycles. The van der Waals surface area contributed by atoms with Gasteiger partial charge in [-0.05, 0) is 30.3 Å². The largest absolute Gasteiger partial charge is 0.507 e. The molecular formula is C15H12N2O3.